The standard InChI is InChI=1S/C20H18N2O2S/c1-13-5-3-9-21-18(13)16-7-2-6-14-11-15(24-19(14)16)12-22-20(23)17-8-4-10-25-17/h2-10,15H,11-12H2,1H3,(H,22,23)/t15-/m1/s1. The molecular formula is C20H18N2O2S. The molecule has 1 atom stereocenters. The molecule has 25 heavy (non-hydrogen) atoms. The van der Waals surface area contributed by atoms with Crippen LogP contribution < -0.4 is 10.1 Å². The van der Waals surface area contributed by atoms with E-state index in [0.717, 1.165) is 39.4 Å². The van der Waals surface area contributed by atoms with Gasteiger partial charge in [-0.3, -0.25) is 9.78 Å². The molecule has 1 aromatic carbocycles. The van der Waals surface area contributed by atoms with E-state index in [4.69, 9.17) is 4.74 Å². The molecule has 1 N–H and O–H groups in total. The number of aryl methyl sites for hydroxylation is 1. The number of fused-ring (bicyclic) bond motifs is 1. The summed E-state index contributed by atoms with van der Waals surface area (Å²) in [5.74, 6) is 0.843. The van der Waals surface area contributed by atoms with Gasteiger partial charge in [-0.1, -0.05) is 24.3 Å². The number of pyridine rings is 1. The van der Waals surface area contributed by atoms with Gasteiger partial charge in [0.05, 0.1) is 17.1 Å². The molecule has 5 heteroatoms. The van der Waals surface area contributed by atoms with Crippen molar-refractivity contribution in [1.82, 2.24) is 10.3 Å². The summed E-state index contributed by atoms with van der Waals surface area (Å²) < 4.78 is 6.16. The maximum Gasteiger partial charge on any atom is 0.261 e. The smallest absolute Gasteiger partial charge is 0.261 e. The van der Waals surface area contributed by atoms with Gasteiger partial charge < -0.3 is 10.1 Å². The molecule has 0 aliphatic carbocycles. The molecule has 4 nitrogen and oxygen atoms in total. The first-order valence-electron chi connectivity index (χ1n) is 8.24. The summed E-state index contributed by atoms with van der Waals surface area (Å²) in [6.07, 6.45) is 2.54. The van der Waals surface area contributed by atoms with E-state index in [9.17, 15) is 4.79 Å². The van der Waals surface area contributed by atoms with E-state index in [0.29, 0.717) is 6.54 Å². The highest BCUT2D eigenvalue weighted by atomic mass is 32.1. The minimum Gasteiger partial charge on any atom is -0.487 e. The molecule has 0 spiro atoms. The topological polar surface area (TPSA) is 51.2 Å². The number of hydrogen-bond acceptors (Lipinski definition) is 4. The van der Waals surface area contributed by atoms with Gasteiger partial charge in [-0.2, -0.15) is 0 Å². The van der Waals surface area contributed by atoms with E-state index in [2.05, 4.69) is 29.4 Å². The summed E-state index contributed by atoms with van der Waals surface area (Å²) in [7, 11) is 0. The van der Waals surface area contributed by atoms with Crippen molar-refractivity contribution >= 4 is 17.2 Å². The Morgan fingerprint density at radius 3 is 3.00 bits per heavy atom. The zero-order chi connectivity index (χ0) is 17.2. The van der Waals surface area contributed by atoms with E-state index in [1.807, 2.05) is 35.7 Å². The van der Waals surface area contributed by atoms with E-state index in [1.165, 1.54) is 11.3 Å². The molecule has 0 fully saturated rings. The zero-order valence-corrected chi connectivity index (χ0v) is 14.7. The number of rotatable bonds is 4. The van der Waals surface area contributed by atoms with Crippen LogP contribution in [0.3, 0.4) is 0 Å². The minimum atomic E-state index is -0.0518. The summed E-state index contributed by atoms with van der Waals surface area (Å²) in [5, 5.41) is 4.86. The van der Waals surface area contributed by atoms with Crippen molar-refractivity contribution in [3.63, 3.8) is 0 Å². The molecule has 1 aliphatic heterocycles. The van der Waals surface area contributed by atoms with Crippen LogP contribution in [-0.4, -0.2) is 23.5 Å². The number of aromatic nitrogens is 1. The molecule has 0 saturated heterocycles. The van der Waals surface area contributed by atoms with E-state index in [-0.39, 0.29) is 12.0 Å². The fourth-order valence-electron chi connectivity index (χ4n) is 3.11. The van der Waals surface area contributed by atoms with Gasteiger partial charge in [-0.05, 0) is 41.6 Å². The molecule has 0 saturated carbocycles. The van der Waals surface area contributed by atoms with Crippen LogP contribution in [0.2, 0.25) is 0 Å². The predicted molar refractivity (Wildman–Crippen MR) is 99.2 cm³/mol. The number of carbonyl (C=O) groups excluding carboxylic acids is 1. The summed E-state index contributed by atoms with van der Waals surface area (Å²) in [6, 6.07) is 13.9. The van der Waals surface area contributed by atoms with Crippen molar-refractivity contribution in [3.8, 4) is 17.0 Å². The quantitative estimate of drug-likeness (QED) is 0.777. The van der Waals surface area contributed by atoms with Gasteiger partial charge in [0.1, 0.15) is 11.9 Å². The Balaban J connectivity index is 1.50. The Morgan fingerprint density at radius 1 is 1.28 bits per heavy atom. The average Bonchev–Trinajstić information content (AvgIpc) is 3.29. The summed E-state index contributed by atoms with van der Waals surface area (Å²) >= 11 is 1.44. The third-order valence-electron chi connectivity index (χ3n) is 4.33. The Labute approximate surface area is 150 Å². The van der Waals surface area contributed by atoms with E-state index >= 15 is 0 Å². The van der Waals surface area contributed by atoms with Gasteiger partial charge in [-0.25, -0.2) is 0 Å². The second-order valence-electron chi connectivity index (χ2n) is 6.09. The molecule has 3 aromatic rings. The first kappa shape index (κ1) is 15.8. The van der Waals surface area contributed by atoms with E-state index in [1.54, 1.807) is 6.20 Å². The lowest BCUT2D eigenvalue weighted by Gasteiger charge is -2.13. The lowest BCUT2D eigenvalue weighted by atomic mass is 10.0. The van der Waals surface area contributed by atoms with Crippen molar-refractivity contribution in [3.05, 3.63) is 70.0 Å². The highest BCUT2D eigenvalue weighted by molar-refractivity contribution is 7.12. The summed E-state index contributed by atoms with van der Waals surface area (Å²) in [6.45, 7) is 2.54. The first-order valence-corrected chi connectivity index (χ1v) is 9.12. The molecule has 0 radical (unpaired) electrons. The number of nitrogens with one attached hydrogen (secondary N) is 1. The number of benzene rings is 1. The Hall–Kier alpha value is -2.66. The van der Waals surface area contributed by atoms with Crippen molar-refractivity contribution in [2.45, 2.75) is 19.4 Å². The fourth-order valence-corrected chi connectivity index (χ4v) is 3.75. The van der Waals surface area contributed by atoms with Gasteiger partial charge in [-0.15, -0.1) is 11.3 Å². The monoisotopic (exact) mass is 350 g/mol. The number of carbonyl (C=O) groups is 1. The van der Waals surface area contributed by atoms with E-state index < -0.39 is 0 Å². The van der Waals surface area contributed by atoms with Gasteiger partial charge in [0.15, 0.2) is 0 Å². The van der Waals surface area contributed by atoms with Gasteiger partial charge >= 0.3 is 0 Å². The Kier molecular flexibility index (Phi) is 4.24. The Bertz CT molecular complexity index is 906. The predicted octanol–water partition coefficient (Wildman–Crippen LogP) is 3.85. The summed E-state index contributed by atoms with van der Waals surface area (Å²) in [5.41, 5.74) is 4.25. The SMILES string of the molecule is Cc1cccnc1-c1cccc2c1O[C@@H](CNC(=O)c1cccs1)C2. The van der Waals surface area contributed by atoms with Crippen molar-refractivity contribution in [2.24, 2.45) is 0 Å². The molecule has 0 bridgehead atoms. The van der Waals surface area contributed by atoms with Gasteiger partial charge in [0.2, 0.25) is 0 Å². The third-order valence-corrected chi connectivity index (χ3v) is 5.20. The maximum absolute atomic E-state index is 12.1. The second-order valence-corrected chi connectivity index (χ2v) is 7.04. The zero-order valence-electron chi connectivity index (χ0n) is 13.9. The maximum atomic E-state index is 12.1. The molecule has 0 unspecified atom stereocenters. The van der Waals surface area contributed by atoms with Gasteiger partial charge in [0.25, 0.3) is 5.91 Å². The van der Waals surface area contributed by atoms with Crippen LogP contribution in [0.25, 0.3) is 11.3 Å². The van der Waals surface area contributed by atoms with Crippen LogP contribution in [-0.2, 0) is 6.42 Å². The average molecular weight is 350 g/mol. The lowest BCUT2D eigenvalue weighted by molar-refractivity contribution is 0.0937. The first-order chi connectivity index (χ1) is 12.2. The highest BCUT2D eigenvalue weighted by Crippen LogP contribution is 2.38. The van der Waals surface area contributed by atoms with Crippen molar-refractivity contribution in [1.29, 1.82) is 0 Å². The lowest BCUT2D eigenvalue weighted by Crippen LogP contribution is -2.34. The van der Waals surface area contributed by atoms with Crippen LogP contribution in [0.4, 0.5) is 0 Å². The fraction of sp³-hybridized carbons (Fsp3) is 0.200. The van der Waals surface area contributed by atoms with Crippen molar-refractivity contribution in [2.75, 3.05) is 6.54 Å². The Morgan fingerprint density at radius 2 is 2.20 bits per heavy atom. The molecular weight excluding hydrogens is 332 g/mol. The molecule has 4 rings (SSSR count). The number of amides is 1. The molecule has 126 valence electrons. The van der Waals surface area contributed by atoms with Crippen LogP contribution in [0, 0.1) is 6.92 Å². The highest BCUT2D eigenvalue weighted by Gasteiger charge is 2.27. The third kappa shape index (κ3) is 3.15. The minimum absolute atomic E-state index is 0.0460. The summed E-state index contributed by atoms with van der Waals surface area (Å²) in [4.78, 5) is 17.3. The largest absolute Gasteiger partial charge is 0.487 e. The molecule has 1 amide bonds. The van der Waals surface area contributed by atoms with Crippen LogP contribution in [0.5, 0.6) is 5.75 Å². The number of para-hydroxylation sites is 1. The van der Waals surface area contributed by atoms with Crippen LogP contribution in [0.15, 0.2) is 54.0 Å². The van der Waals surface area contributed by atoms with Crippen LogP contribution in [0.1, 0.15) is 20.8 Å². The van der Waals surface area contributed by atoms with Crippen LogP contribution >= 0.6 is 11.3 Å². The second kappa shape index (κ2) is 6.69. The van der Waals surface area contributed by atoms with Crippen molar-refractivity contribution < 1.29 is 9.53 Å². The molecule has 2 aromatic heterocycles. The normalized spacial score (nSPS) is 15.5. The molecule has 1 aliphatic rings. The number of nitrogens with zero attached hydrogens (tertiary/aromatic N) is 1. The number of thiophene rings is 1. The van der Waals surface area contributed by atoms with Gasteiger partial charge in [0, 0.05) is 18.2 Å². The number of hydrogen-bond donors (Lipinski definition) is 1. The number of ether oxygens (including phenoxy) is 1. The molecule has 3 heterocycles.